The molecule has 8 aromatic rings. The highest BCUT2D eigenvalue weighted by molar-refractivity contribution is 6.89. The number of hydrogen-bond donors (Lipinski definition) is 0. The Kier molecular flexibility index (Phi) is 6.31. The highest BCUT2D eigenvalue weighted by Gasteiger charge is 2.34. The first-order valence-electron chi connectivity index (χ1n) is 15.4. The number of halogens is 3. The Morgan fingerprint density at radius 1 is 0.587 bits per heavy atom. The van der Waals surface area contributed by atoms with E-state index in [0.29, 0.717) is 5.69 Å². The van der Waals surface area contributed by atoms with E-state index < -0.39 is 19.9 Å². The molecule has 0 saturated heterocycles. The van der Waals surface area contributed by atoms with Gasteiger partial charge in [-0.2, -0.15) is 18.3 Å². The fourth-order valence-corrected chi connectivity index (χ4v) is 8.14. The monoisotopic (exact) mass is 628 g/mol. The van der Waals surface area contributed by atoms with E-state index in [1.54, 1.807) is 0 Å². The van der Waals surface area contributed by atoms with Gasteiger partial charge < -0.3 is 9.13 Å². The van der Waals surface area contributed by atoms with Gasteiger partial charge in [-0.25, -0.2) is 4.68 Å². The van der Waals surface area contributed by atoms with Gasteiger partial charge in [0.1, 0.15) is 0 Å². The largest absolute Gasteiger partial charge is 0.435 e. The predicted molar refractivity (Wildman–Crippen MR) is 185 cm³/mol. The molecule has 0 saturated carbocycles. The topological polar surface area (TPSA) is 27.7 Å². The average Bonchev–Trinajstić information content (AvgIpc) is 3.78. The van der Waals surface area contributed by atoms with Crippen LogP contribution < -0.4 is 5.19 Å². The second kappa shape index (κ2) is 10.2. The van der Waals surface area contributed by atoms with E-state index in [0.717, 1.165) is 61.7 Å². The van der Waals surface area contributed by atoms with Crippen LogP contribution >= 0.6 is 0 Å². The van der Waals surface area contributed by atoms with Gasteiger partial charge in [0.2, 0.25) is 0 Å². The molecule has 0 aliphatic rings. The van der Waals surface area contributed by atoms with Crippen molar-refractivity contribution in [3.05, 3.63) is 127 Å². The minimum Gasteiger partial charge on any atom is -0.309 e. The first-order chi connectivity index (χ1) is 22.1. The van der Waals surface area contributed by atoms with E-state index in [-0.39, 0.29) is 0 Å². The number of alkyl halides is 3. The minimum absolute atomic E-state index is 0.534. The molecule has 0 bridgehead atoms. The van der Waals surface area contributed by atoms with Crippen LogP contribution in [0.2, 0.25) is 19.1 Å². The maximum atomic E-state index is 13.7. The highest BCUT2D eigenvalue weighted by Crippen LogP contribution is 2.37. The summed E-state index contributed by atoms with van der Waals surface area (Å²) in [4.78, 5) is 0. The van der Waals surface area contributed by atoms with Crippen LogP contribution in [0.3, 0.4) is 0 Å². The molecule has 0 spiro atoms. The number of rotatable bonds is 5. The zero-order valence-electron chi connectivity index (χ0n) is 25.7. The van der Waals surface area contributed by atoms with Crippen molar-refractivity contribution in [1.29, 1.82) is 0 Å². The molecule has 0 aliphatic carbocycles. The molecule has 46 heavy (non-hydrogen) atoms. The molecule has 4 nitrogen and oxygen atoms in total. The summed E-state index contributed by atoms with van der Waals surface area (Å²) in [6, 6.07) is 39.7. The Bertz CT molecular complexity index is 2390. The van der Waals surface area contributed by atoms with E-state index in [2.05, 4.69) is 101 Å². The van der Waals surface area contributed by atoms with Crippen LogP contribution in [0.4, 0.5) is 13.2 Å². The number of aromatic nitrogens is 4. The lowest BCUT2D eigenvalue weighted by molar-refractivity contribution is -0.141. The van der Waals surface area contributed by atoms with Crippen LogP contribution in [0.15, 0.2) is 121 Å². The van der Waals surface area contributed by atoms with Crippen LogP contribution in [-0.2, 0) is 6.18 Å². The Hall–Kier alpha value is -5.08. The Morgan fingerprint density at radius 2 is 1.07 bits per heavy atom. The molecule has 8 heteroatoms. The van der Waals surface area contributed by atoms with Crippen molar-refractivity contribution < 1.29 is 13.2 Å². The van der Waals surface area contributed by atoms with Crippen molar-refractivity contribution in [3.8, 4) is 17.1 Å². The van der Waals surface area contributed by atoms with Gasteiger partial charge in [0.25, 0.3) is 0 Å². The van der Waals surface area contributed by atoms with Gasteiger partial charge in [-0.1, -0.05) is 98.0 Å². The molecule has 5 aromatic carbocycles. The number of fused-ring (bicyclic) bond motifs is 6. The molecule has 8 rings (SSSR count). The predicted octanol–water partition coefficient (Wildman–Crippen LogP) is 10.0. The van der Waals surface area contributed by atoms with Gasteiger partial charge in [-0.3, -0.25) is 0 Å². The molecule has 0 N–H and O–H groups in total. The molecule has 0 aliphatic heterocycles. The summed E-state index contributed by atoms with van der Waals surface area (Å²) in [5.74, 6) is 0. The van der Waals surface area contributed by atoms with E-state index in [9.17, 15) is 13.2 Å². The minimum atomic E-state index is -4.54. The molecule has 0 radical (unpaired) electrons. The average molecular weight is 629 g/mol. The van der Waals surface area contributed by atoms with Gasteiger partial charge >= 0.3 is 6.18 Å². The molecule has 0 amide bonds. The SMILES string of the molecule is CC[Si](C)(C)c1ccc2c(c1)c1ccccc1n2-c1cc(-n2ccc(C(F)(F)F)n2)cc(-n2c3ccccc3c3ccccc32)c1. The summed E-state index contributed by atoms with van der Waals surface area (Å²) in [7, 11) is -1.61. The summed E-state index contributed by atoms with van der Waals surface area (Å²) >= 11 is 0. The number of benzene rings is 5. The number of hydrogen-bond acceptors (Lipinski definition) is 1. The van der Waals surface area contributed by atoms with E-state index in [1.165, 1.54) is 21.5 Å². The fraction of sp³-hybridized carbons (Fsp3) is 0.132. The van der Waals surface area contributed by atoms with E-state index in [1.807, 2.05) is 42.5 Å². The van der Waals surface area contributed by atoms with Crippen LogP contribution in [0.25, 0.3) is 60.7 Å². The highest BCUT2D eigenvalue weighted by atomic mass is 28.3. The normalized spacial score (nSPS) is 12.7. The smallest absolute Gasteiger partial charge is 0.309 e. The van der Waals surface area contributed by atoms with Crippen LogP contribution in [0.5, 0.6) is 0 Å². The van der Waals surface area contributed by atoms with Crippen molar-refractivity contribution in [2.75, 3.05) is 0 Å². The third-order valence-corrected chi connectivity index (χ3v) is 13.1. The van der Waals surface area contributed by atoms with Gasteiger partial charge in [-0.15, -0.1) is 0 Å². The molecule has 0 atom stereocenters. The molecule has 3 aromatic heterocycles. The Balaban J connectivity index is 1.46. The summed E-state index contributed by atoms with van der Waals surface area (Å²) in [6.45, 7) is 7.06. The Morgan fingerprint density at radius 3 is 1.57 bits per heavy atom. The van der Waals surface area contributed by atoms with Crippen molar-refractivity contribution >= 4 is 56.9 Å². The van der Waals surface area contributed by atoms with Crippen molar-refractivity contribution in [2.24, 2.45) is 0 Å². The van der Waals surface area contributed by atoms with E-state index in [4.69, 9.17) is 0 Å². The first kappa shape index (κ1) is 28.4. The zero-order chi connectivity index (χ0) is 31.8. The lowest BCUT2D eigenvalue weighted by Crippen LogP contribution is -2.40. The van der Waals surface area contributed by atoms with Gasteiger partial charge in [0.05, 0.1) is 47.2 Å². The van der Waals surface area contributed by atoms with Crippen LogP contribution in [-0.4, -0.2) is 27.0 Å². The zero-order valence-corrected chi connectivity index (χ0v) is 26.7. The lowest BCUT2D eigenvalue weighted by Gasteiger charge is -2.21. The molecular weight excluding hydrogens is 598 g/mol. The summed E-state index contributed by atoms with van der Waals surface area (Å²) in [5, 5.41) is 9.90. The Labute approximate surface area is 264 Å². The van der Waals surface area contributed by atoms with Crippen LogP contribution in [0, 0.1) is 0 Å². The third kappa shape index (κ3) is 4.39. The van der Waals surface area contributed by atoms with Gasteiger partial charge in [-0.05, 0) is 48.5 Å². The number of para-hydroxylation sites is 3. The summed E-state index contributed by atoms with van der Waals surface area (Å²) in [6.07, 6.45) is -3.16. The number of nitrogens with zero attached hydrogens (tertiary/aromatic N) is 4. The van der Waals surface area contributed by atoms with Gasteiger partial charge in [0.15, 0.2) is 5.69 Å². The summed E-state index contributed by atoms with van der Waals surface area (Å²) < 4.78 is 46.8. The van der Waals surface area contributed by atoms with E-state index >= 15 is 0 Å². The molecule has 0 fully saturated rings. The second-order valence-corrected chi connectivity index (χ2v) is 17.6. The fourth-order valence-electron chi connectivity index (χ4n) is 6.67. The quantitative estimate of drug-likeness (QED) is 0.174. The van der Waals surface area contributed by atoms with Crippen molar-refractivity contribution in [2.45, 2.75) is 32.2 Å². The van der Waals surface area contributed by atoms with Crippen molar-refractivity contribution in [1.82, 2.24) is 18.9 Å². The maximum absolute atomic E-state index is 13.7. The molecular formula is C38H31F3N4Si. The molecule has 228 valence electrons. The second-order valence-electron chi connectivity index (χ2n) is 12.5. The maximum Gasteiger partial charge on any atom is 0.435 e. The van der Waals surface area contributed by atoms with Crippen LogP contribution in [0.1, 0.15) is 12.6 Å². The lowest BCUT2D eigenvalue weighted by atomic mass is 10.1. The molecule has 0 unspecified atom stereocenters. The van der Waals surface area contributed by atoms with Gasteiger partial charge in [0, 0.05) is 27.7 Å². The standard InChI is InChI=1S/C38H31F3N4Si/c1-4-46(2,3)28-17-18-36-32(24-28)31-13-7-10-16-35(31)45(36)27-22-25(43-20-19-37(42-43)38(39,40)41)21-26(23-27)44-33-14-8-5-11-29(33)30-12-6-9-15-34(30)44/h5-24H,4H2,1-3H3. The third-order valence-electron chi connectivity index (χ3n) is 9.47. The molecule has 3 heterocycles. The summed E-state index contributed by atoms with van der Waals surface area (Å²) in [5.41, 5.74) is 5.39. The first-order valence-corrected chi connectivity index (χ1v) is 18.7. The van der Waals surface area contributed by atoms with Crippen molar-refractivity contribution in [3.63, 3.8) is 0 Å².